The van der Waals surface area contributed by atoms with Crippen LogP contribution in [0.3, 0.4) is 0 Å². The molecule has 0 atom stereocenters. The Morgan fingerprint density at radius 3 is 2.50 bits per heavy atom. The van der Waals surface area contributed by atoms with Crippen molar-refractivity contribution in [1.82, 2.24) is 4.98 Å². The maximum atomic E-state index is 12.8. The molecule has 0 unspecified atom stereocenters. The van der Waals surface area contributed by atoms with Gasteiger partial charge in [-0.25, -0.2) is 14.2 Å². The van der Waals surface area contributed by atoms with E-state index in [0.717, 1.165) is 11.1 Å². The minimum absolute atomic E-state index is 0.268. The number of halogens is 1. The standard InChI is InChI=1S/C17H13FN2O2/c18-14-4-1-12(2-5-14)3-6-16-20-15(17(21)22-16)11-13-7-9-19-10-8-13/h1-2,4-5,7-11H,3,6H2/b15-11+. The molecule has 1 aliphatic rings. The number of aromatic nitrogens is 1. The molecule has 0 N–H and O–H groups in total. The monoisotopic (exact) mass is 296 g/mol. The second-order valence-electron chi connectivity index (χ2n) is 4.83. The second kappa shape index (κ2) is 6.30. The Hall–Kier alpha value is -2.82. The van der Waals surface area contributed by atoms with E-state index in [1.54, 1.807) is 42.7 Å². The molecule has 0 amide bonds. The van der Waals surface area contributed by atoms with Crippen molar-refractivity contribution >= 4 is 17.9 Å². The molecule has 0 fully saturated rings. The summed E-state index contributed by atoms with van der Waals surface area (Å²) in [5, 5.41) is 0. The summed E-state index contributed by atoms with van der Waals surface area (Å²) in [7, 11) is 0. The Morgan fingerprint density at radius 1 is 1.05 bits per heavy atom. The summed E-state index contributed by atoms with van der Waals surface area (Å²) in [4.78, 5) is 19.9. The molecule has 5 heteroatoms. The van der Waals surface area contributed by atoms with E-state index in [9.17, 15) is 9.18 Å². The number of nitrogens with zero attached hydrogens (tertiary/aromatic N) is 2. The van der Waals surface area contributed by atoms with Crippen molar-refractivity contribution in [3.05, 3.63) is 71.4 Å². The minimum Gasteiger partial charge on any atom is -0.407 e. The average molecular weight is 296 g/mol. The van der Waals surface area contributed by atoms with Gasteiger partial charge in [-0.05, 0) is 47.9 Å². The van der Waals surface area contributed by atoms with E-state index in [0.29, 0.717) is 18.7 Å². The van der Waals surface area contributed by atoms with E-state index < -0.39 is 5.97 Å². The van der Waals surface area contributed by atoms with Crippen molar-refractivity contribution in [3.8, 4) is 0 Å². The highest BCUT2D eigenvalue weighted by Crippen LogP contribution is 2.17. The summed E-state index contributed by atoms with van der Waals surface area (Å²) in [5.41, 5.74) is 2.08. The molecule has 4 nitrogen and oxygen atoms in total. The van der Waals surface area contributed by atoms with Gasteiger partial charge in [0.2, 0.25) is 0 Å². The van der Waals surface area contributed by atoms with Crippen molar-refractivity contribution in [2.24, 2.45) is 4.99 Å². The van der Waals surface area contributed by atoms with Crippen LogP contribution in [0.4, 0.5) is 4.39 Å². The Labute approximate surface area is 127 Å². The summed E-state index contributed by atoms with van der Waals surface area (Å²) in [6, 6.07) is 9.80. The zero-order valence-corrected chi connectivity index (χ0v) is 11.7. The highest BCUT2D eigenvalue weighted by molar-refractivity contribution is 6.07. The van der Waals surface area contributed by atoms with Gasteiger partial charge in [0.05, 0.1) is 0 Å². The SMILES string of the molecule is O=C1OC(CCc2ccc(F)cc2)=N/C1=C/c1ccncc1. The lowest BCUT2D eigenvalue weighted by atomic mass is 10.1. The van der Waals surface area contributed by atoms with Gasteiger partial charge in [0.1, 0.15) is 5.82 Å². The Bertz CT molecular complexity index is 737. The van der Waals surface area contributed by atoms with Gasteiger partial charge in [0.25, 0.3) is 0 Å². The summed E-state index contributed by atoms with van der Waals surface area (Å²) < 4.78 is 18.0. The van der Waals surface area contributed by atoms with Crippen molar-refractivity contribution in [2.75, 3.05) is 0 Å². The molecule has 2 heterocycles. The number of pyridine rings is 1. The van der Waals surface area contributed by atoms with E-state index in [-0.39, 0.29) is 11.5 Å². The number of aliphatic imine (C=N–C) groups is 1. The zero-order valence-electron chi connectivity index (χ0n) is 11.7. The van der Waals surface area contributed by atoms with Crippen molar-refractivity contribution in [3.63, 3.8) is 0 Å². The van der Waals surface area contributed by atoms with Crippen molar-refractivity contribution in [1.29, 1.82) is 0 Å². The third-order valence-corrected chi connectivity index (χ3v) is 3.22. The van der Waals surface area contributed by atoms with E-state index in [1.165, 1.54) is 12.1 Å². The maximum absolute atomic E-state index is 12.8. The number of esters is 1. The third-order valence-electron chi connectivity index (χ3n) is 3.22. The van der Waals surface area contributed by atoms with Gasteiger partial charge in [-0.3, -0.25) is 4.98 Å². The van der Waals surface area contributed by atoms with Crippen LogP contribution < -0.4 is 0 Å². The molecule has 110 valence electrons. The average Bonchev–Trinajstić information content (AvgIpc) is 2.88. The fourth-order valence-corrected chi connectivity index (χ4v) is 2.08. The maximum Gasteiger partial charge on any atom is 0.363 e. The molecule has 0 saturated heterocycles. The number of rotatable bonds is 4. The van der Waals surface area contributed by atoms with Crippen LogP contribution in [0, 0.1) is 5.82 Å². The second-order valence-corrected chi connectivity index (χ2v) is 4.83. The number of carbonyl (C=O) groups excluding carboxylic acids is 1. The molecule has 1 aromatic heterocycles. The molecule has 1 aliphatic heterocycles. The molecule has 0 radical (unpaired) electrons. The number of cyclic esters (lactones) is 1. The lowest BCUT2D eigenvalue weighted by Gasteiger charge is -2.00. The minimum atomic E-state index is -0.453. The predicted molar refractivity (Wildman–Crippen MR) is 80.5 cm³/mol. The molecule has 1 aromatic carbocycles. The normalized spacial score (nSPS) is 15.8. The summed E-state index contributed by atoms with van der Waals surface area (Å²) in [6.07, 6.45) is 6.08. The molecule has 0 bridgehead atoms. The quantitative estimate of drug-likeness (QED) is 0.643. The zero-order chi connectivity index (χ0) is 15.4. The number of carbonyl (C=O) groups is 1. The van der Waals surface area contributed by atoms with Crippen LogP contribution in [0.5, 0.6) is 0 Å². The van der Waals surface area contributed by atoms with Gasteiger partial charge in [-0.2, -0.15) is 0 Å². The van der Waals surface area contributed by atoms with Crippen LogP contribution in [-0.2, 0) is 16.0 Å². The van der Waals surface area contributed by atoms with Crippen LogP contribution in [0.1, 0.15) is 17.5 Å². The van der Waals surface area contributed by atoms with Gasteiger partial charge < -0.3 is 4.74 Å². The Morgan fingerprint density at radius 2 is 1.77 bits per heavy atom. The lowest BCUT2D eigenvalue weighted by molar-refractivity contribution is -0.130. The number of hydrogen-bond acceptors (Lipinski definition) is 4. The summed E-state index contributed by atoms with van der Waals surface area (Å²) in [5.74, 6) is -0.337. The summed E-state index contributed by atoms with van der Waals surface area (Å²) in [6.45, 7) is 0. The highest BCUT2D eigenvalue weighted by Gasteiger charge is 2.22. The number of benzene rings is 1. The molecule has 0 saturated carbocycles. The molecule has 0 spiro atoms. The van der Waals surface area contributed by atoms with E-state index >= 15 is 0 Å². The molecule has 0 aliphatic carbocycles. The molecular weight excluding hydrogens is 283 g/mol. The predicted octanol–water partition coefficient (Wildman–Crippen LogP) is 3.15. The number of hydrogen-bond donors (Lipinski definition) is 0. The first kappa shape index (κ1) is 14.1. The largest absolute Gasteiger partial charge is 0.407 e. The summed E-state index contributed by atoms with van der Waals surface area (Å²) >= 11 is 0. The van der Waals surface area contributed by atoms with Crippen LogP contribution in [0.25, 0.3) is 6.08 Å². The first-order valence-corrected chi connectivity index (χ1v) is 6.86. The first-order valence-electron chi connectivity index (χ1n) is 6.86. The van der Waals surface area contributed by atoms with Crippen LogP contribution in [0.2, 0.25) is 0 Å². The third kappa shape index (κ3) is 3.44. The Kier molecular flexibility index (Phi) is 4.05. The molecule has 3 rings (SSSR count). The van der Waals surface area contributed by atoms with E-state index in [1.807, 2.05) is 0 Å². The highest BCUT2D eigenvalue weighted by atomic mass is 19.1. The van der Waals surface area contributed by atoms with Crippen molar-refractivity contribution < 1.29 is 13.9 Å². The lowest BCUT2D eigenvalue weighted by Crippen LogP contribution is -2.05. The molecular formula is C17H13FN2O2. The van der Waals surface area contributed by atoms with Gasteiger partial charge in [0.15, 0.2) is 11.6 Å². The molecule has 22 heavy (non-hydrogen) atoms. The molecule has 2 aromatic rings. The van der Waals surface area contributed by atoms with E-state index in [4.69, 9.17) is 4.74 Å². The number of aryl methyl sites for hydroxylation is 1. The van der Waals surface area contributed by atoms with Crippen molar-refractivity contribution in [2.45, 2.75) is 12.8 Å². The van der Waals surface area contributed by atoms with Gasteiger partial charge in [-0.15, -0.1) is 0 Å². The van der Waals surface area contributed by atoms with Crippen LogP contribution >= 0.6 is 0 Å². The van der Waals surface area contributed by atoms with Crippen LogP contribution in [-0.4, -0.2) is 16.9 Å². The first-order chi connectivity index (χ1) is 10.7. The smallest absolute Gasteiger partial charge is 0.363 e. The topological polar surface area (TPSA) is 51.5 Å². The fraction of sp³-hybridized carbons (Fsp3) is 0.118. The Balaban J connectivity index is 1.68. The fourth-order valence-electron chi connectivity index (χ4n) is 2.08. The van der Waals surface area contributed by atoms with E-state index in [2.05, 4.69) is 9.98 Å². The van der Waals surface area contributed by atoms with Gasteiger partial charge in [0, 0.05) is 18.8 Å². The number of ether oxygens (including phenoxy) is 1. The van der Waals surface area contributed by atoms with Crippen LogP contribution in [0.15, 0.2) is 59.5 Å². The van der Waals surface area contributed by atoms with Gasteiger partial charge in [-0.1, -0.05) is 12.1 Å². The van der Waals surface area contributed by atoms with Gasteiger partial charge >= 0.3 is 5.97 Å².